The molecule has 0 saturated carbocycles. The van der Waals surface area contributed by atoms with Crippen LogP contribution in [-0.4, -0.2) is 54.3 Å². The molecule has 0 bridgehead atoms. The molecule has 0 spiro atoms. The third kappa shape index (κ3) is 4.85. The SMILES string of the molecule is O=C(NCCO)c1cncn1Cc1ccc(-c2cc(-c3ccccc3)ccc2-c2nn[nH]n2)cc1. The second kappa shape index (κ2) is 10.1. The van der Waals surface area contributed by atoms with Crippen molar-refractivity contribution >= 4 is 5.91 Å². The summed E-state index contributed by atoms with van der Waals surface area (Å²) in [5, 5.41) is 26.2. The summed E-state index contributed by atoms with van der Waals surface area (Å²) in [5.41, 5.74) is 6.55. The van der Waals surface area contributed by atoms with E-state index in [9.17, 15) is 4.79 Å². The molecule has 0 fully saturated rings. The van der Waals surface area contributed by atoms with Gasteiger partial charge in [-0.2, -0.15) is 5.21 Å². The van der Waals surface area contributed by atoms with Crippen molar-refractivity contribution < 1.29 is 9.90 Å². The number of nitrogens with zero attached hydrogens (tertiary/aromatic N) is 5. The van der Waals surface area contributed by atoms with Crippen LogP contribution in [0, 0.1) is 0 Å². The van der Waals surface area contributed by atoms with Crippen LogP contribution < -0.4 is 5.32 Å². The number of imidazole rings is 1. The lowest BCUT2D eigenvalue weighted by Crippen LogP contribution is -2.28. The maximum Gasteiger partial charge on any atom is 0.269 e. The highest BCUT2D eigenvalue weighted by Crippen LogP contribution is 2.34. The maximum absolute atomic E-state index is 12.3. The van der Waals surface area contributed by atoms with Gasteiger partial charge in [-0.25, -0.2) is 4.98 Å². The third-order valence-electron chi connectivity index (χ3n) is 5.67. The molecule has 0 atom stereocenters. The van der Waals surface area contributed by atoms with Gasteiger partial charge >= 0.3 is 0 Å². The molecule has 5 aromatic rings. The zero-order chi connectivity index (χ0) is 24.0. The molecule has 2 heterocycles. The lowest BCUT2D eigenvalue weighted by molar-refractivity contribution is 0.0936. The molecule has 3 N–H and O–H groups in total. The topological polar surface area (TPSA) is 122 Å². The van der Waals surface area contributed by atoms with Crippen LogP contribution >= 0.6 is 0 Å². The first kappa shape index (κ1) is 22.2. The minimum Gasteiger partial charge on any atom is -0.395 e. The Labute approximate surface area is 201 Å². The van der Waals surface area contributed by atoms with Gasteiger partial charge in [0.25, 0.3) is 5.91 Å². The van der Waals surface area contributed by atoms with Crippen LogP contribution in [0.4, 0.5) is 0 Å². The van der Waals surface area contributed by atoms with E-state index in [2.05, 4.69) is 55.2 Å². The Morgan fingerprint density at radius 3 is 2.49 bits per heavy atom. The normalized spacial score (nSPS) is 10.9. The highest BCUT2D eigenvalue weighted by Gasteiger charge is 2.14. The summed E-state index contributed by atoms with van der Waals surface area (Å²) in [6.07, 6.45) is 3.15. The first-order valence-corrected chi connectivity index (χ1v) is 11.1. The van der Waals surface area contributed by atoms with Crippen LogP contribution in [-0.2, 0) is 6.54 Å². The molecule has 9 nitrogen and oxygen atoms in total. The number of hydrogen-bond acceptors (Lipinski definition) is 6. The van der Waals surface area contributed by atoms with E-state index in [4.69, 9.17) is 5.11 Å². The van der Waals surface area contributed by atoms with E-state index < -0.39 is 0 Å². The fourth-order valence-corrected chi connectivity index (χ4v) is 3.95. The number of aliphatic hydroxyl groups is 1. The highest BCUT2D eigenvalue weighted by molar-refractivity contribution is 5.92. The molecule has 9 heteroatoms. The monoisotopic (exact) mass is 465 g/mol. The fraction of sp³-hybridized carbons (Fsp3) is 0.115. The molecule has 5 rings (SSSR count). The number of H-pyrrole nitrogens is 1. The van der Waals surface area contributed by atoms with Gasteiger partial charge in [0, 0.05) is 18.7 Å². The number of tetrazole rings is 1. The van der Waals surface area contributed by atoms with Gasteiger partial charge < -0.3 is 15.0 Å². The van der Waals surface area contributed by atoms with Crippen molar-refractivity contribution in [3.63, 3.8) is 0 Å². The molecule has 0 unspecified atom stereocenters. The standard InChI is InChI=1S/C26H23N7O2/c34-13-12-28-26(35)24-15-27-17-33(24)16-18-6-8-20(9-7-18)23-14-21(19-4-2-1-3-5-19)10-11-22(23)25-29-31-32-30-25/h1-11,14-15,17,34H,12-13,16H2,(H,28,35)(H,29,30,31,32). The summed E-state index contributed by atoms with van der Waals surface area (Å²) in [4.78, 5) is 16.4. The van der Waals surface area contributed by atoms with Crippen molar-refractivity contribution in [3.8, 4) is 33.6 Å². The molecule has 0 aliphatic heterocycles. The predicted octanol–water partition coefficient (Wildman–Crippen LogP) is 3.17. The van der Waals surface area contributed by atoms with E-state index in [1.54, 1.807) is 10.9 Å². The summed E-state index contributed by atoms with van der Waals surface area (Å²) in [6, 6.07) is 24.5. The molecular weight excluding hydrogens is 442 g/mol. The van der Waals surface area contributed by atoms with Gasteiger partial charge in [0.2, 0.25) is 5.82 Å². The molecule has 0 saturated heterocycles. The summed E-state index contributed by atoms with van der Waals surface area (Å²) >= 11 is 0. The molecule has 2 aromatic heterocycles. The molecule has 3 aromatic carbocycles. The van der Waals surface area contributed by atoms with Gasteiger partial charge in [-0.15, -0.1) is 10.2 Å². The summed E-state index contributed by atoms with van der Waals surface area (Å²) in [7, 11) is 0. The number of carbonyl (C=O) groups excluding carboxylic acids is 1. The second-order valence-electron chi connectivity index (χ2n) is 7.95. The average molecular weight is 466 g/mol. The molecule has 0 aliphatic carbocycles. The van der Waals surface area contributed by atoms with Gasteiger partial charge in [0.05, 0.1) is 19.1 Å². The van der Waals surface area contributed by atoms with Crippen molar-refractivity contribution in [2.75, 3.05) is 13.2 Å². The minimum atomic E-state index is -0.268. The predicted molar refractivity (Wildman–Crippen MR) is 131 cm³/mol. The number of aliphatic hydroxyl groups excluding tert-OH is 1. The largest absolute Gasteiger partial charge is 0.395 e. The number of carbonyl (C=O) groups is 1. The van der Waals surface area contributed by atoms with E-state index in [-0.39, 0.29) is 19.1 Å². The number of rotatable bonds is 8. The minimum absolute atomic E-state index is 0.112. The Bertz CT molecular complexity index is 1410. The van der Waals surface area contributed by atoms with E-state index in [0.29, 0.717) is 18.1 Å². The van der Waals surface area contributed by atoms with Crippen molar-refractivity contribution in [1.82, 2.24) is 35.5 Å². The van der Waals surface area contributed by atoms with Gasteiger partial charge in [-0.1, -0.05) is 60.7 Å². The Balaban J connectivity index is 1.45. The zero-order valence-electron chi connectivity index (χ0n) is 18.8. The Hall–Kier alpha value is -4.63. The molecule has 174 valence electrons. The first-order chi connectivity index (χ1) is 17.2. The van der Waals surface area contributed by atoms with Crippen LogP contribution in [0.15, 0.2) is 85.3 Å². The van der Waals surface area contributed by atoms with Crippen LogP contribution in [0.5, 0.6) is 0 Å². The molecular formula is C26H23N7O2. The summed E-state index contributed by atoms with van der Waals surface area (Å²) in [6.45, 7) is 0.575. The quantitative estimate of drug-likeness (QED) is 0.324. The number of benzene rings is 3. The number of amides is 1. The van der Waals surface area contributed by atoms with Crippen molar-refractivity contribution in [2.45, 2.75) is 6.54 Å². The molecule has 35 heavy (non-hydrogen) atoms. The van der Waals surface area contributed by atoms with Gasteiger partial charge in [0.15, 0.2) is 0 Å². The van der Waals surface area contributed by atoms with E-state index in [0.717, 1.165) is 33.4 Å². The van der Waals surface area contributed by atoms with Crippen LogP contribution in [0.2, 0.25) is 0 Å². The van der Waals surface area contributed by atoms with E-state index >= 15 is 0 Å². The number of hydrogen-bond donors (Lipinski definition) is 3. The van der Waals surface area contributed by atoms with Crippen LogP contribution in [0.1, 0.15) is 16.1 Å². The molecule has 0 aliphatic rings. The number of aromatic amines is 1. The molecule has 1 amide bonds. The fourth-order valence-electron chi connectivity index (χ4n) is 3.95. The Morgan fingerprint density at radius 2 is 1.74 bits per heavy atom. The Kier molecular flexibility index (Phi) is 6.40. The number of aromatic nitrogens is 6. The van der Waals surface area contributed by atoms with E-state index in [1.807, 2.05) is 48.5 Å². The highest BCUT2D eigenvalue weighted by atomic mass is 16.3. The Morgan fingerprint density at radius 1 is 0.943 bits per heavy atom. The van der Waals surface area contributed by atoms with Crippen LogP contribution in [0.3, 0.4) is 0 Å². The van der Waals surface area contributed by atoms with Crippen molar-refractivity contribution in [2.24, 2.45) is 0 Å². The van der Waals surface area contributed by atoms with Crippen molar-refractivity contribution in [3.05, 3.63) is 96.6 Å². The van der Waals surface area contributed by atoms with Gasteiger partial charge in [-0.3, -0.25) is 4.79 Å². The summed E-state index contributed by atoms with van der Waals surface area (Å²) < 4.78 is 1.78. The van der Waals surface area contributed by atoms with E-state index in [1.165, 1.54) is 6.20 Å². The van der Waals surface area contributed by atoms with Crippen molar-refractivity contribution in [1.29, 1.82) is 0 Å². The lowest BCUT2D eigenvalue weighted by Gasteiger charge is -2.12. The lowest BCUT2D eigenvalue weighted by atomic mass is 9.93. The second-order valence-corrected chi connectivity index (χ2v) is 7.95. The third-order valence-corrected chi connectivity index (χ3v) is 5.67. The van der Waals surface area contributed by atoms with Crippen LogP contribution in [0.25, 0.3) is 33.6 Å². The zero-order valence-corrected chi connectivity index (χ0v) is 18.8. The smallest absolute Gasteiger partial charge is 0.269 e. The summed E-state index contributed by atoms with van der Waals surface area (Å²) in [5.74, 6) is 0.260. The number of nitrogens with one attached hydrogen (secondary N) is 2. The first-order valence-electron chi connectivity index (χ1n) is 11.1. The van der Waals surface area contributed by atoms with Gasteiger partial charge in [-0.05, 0) is 45.2 Å². The van der Waals surface area contributed by atoms with Gasteiger partial charge in [0.1, 0.15) is 5.69 Å². The average Bonchev–Trinajstić information content (AvgIpc) is 3.61. The maximum atomic E-state index is 12.3. The molecule has 0 radical (unpaired) electrons.